The van der Waals surface area contributed by atoms with Crippen molar-refractivity contribution in [2.24, 2.45) is 17.8 Å². The number of ether oxygens (including phenoxy) is 1. The third-order valence-electron chi connectivity index (χ3n) is 2.79. The van der Waals surface area contributed by atoms with Crippen LogP contribution in [0, 0.1) is 17.8 Å². The van der Waals surface area contributed by atoms with Crippen molar-refractivity contribution in [3.05, 3.63) is 12.2 Å². The molecule has 2 heteroatoms. The van der Waals surface area contributed by atoms with E-state index in [9.17, 15) is 4.79 Å². The van der Waals surface area contributed by atoms with E-state index in [1.165, 1.54) is 7.11 Å². The summed E-state index contributed by atoms with van der Waals surface area (Å²) in [5, 5.41) is 0. The quantitative estimate of drug-likeness (QED) is 0.419. The van der Waals surface area contributed by atoms with E-state index >= 15 is 0 Å². The van der Waals surface area contributed by atoms with Crippen LogP contribution < -0.4 is 0 Å². The van der Waals surface area contributed by atoms with Gasteiger partial charge in [-0.3, -0.25) is 4.79 Å². The van der Waals surface area contributed by atoms with Crippen molar-refractivity contribution in [1.29, 1.82) is 0 Å². The lowest BCUT2D eigenvalue weighted by atomic mass is 10.1. The first-order valence-electron chi connectivity index (χ1n) is 4.07. The molecule has 0 aromatic rings. The molecule has 2 rings (SSSR count). The predicted octanol–water partition coefficient (Wildman–Crippen LogP) is 1.37. The summed E-state index contributed by atoms with van der Waals surface area (Å²) in [4.78, 5) is 11.1. The zero-order valence-corrected chi connectivity index (χ0v) is 6.62. The molecule has 0 amide bonds. The van der Waals surface area contributed by atoms with Crippen LogP contribution in [0.1, 0.15) is 12.8 Å². The molecule has 2 aliphatic carbocycles. The zero-order valence-electron chi connectivity index (χ0n) is 6.62. The fourth-order valence-electron chi connectivity index (χ4n) is 2.08. The smallest absolute Gasteiger partial charge is 0.309 e. The fraction of sp³-hybridized carbons (Fsp3) is 0.667. The molecule has 1 saturated carbocycles. The van der Waals surface area contributed by atoms with Gasteiger partial charge in [0.15, 0.2) is 0 Å². The number of esters is 1. The minimum atomic E-state index is -0.0105. The van der Waals surface area contributed by atoms with Crippen molar-refractivity contribution in [1.82, 2.24) is 0 Å². The van der Waals surface area contributed by atoms with Crippen LogP contribution >= 0.6 is 0 Å². The largest absolute Gasteiger partial charge is 0.469 e. The van der Waals surface area contributed by atoms with Crippen LogP contribution in [0.15, 0.2) is 12.2 Å². The Morgan fingerprint density at radius 1 is 1.36 bits per heavy atom. The number of rotatable bonds is 1. The van der Waals surface area contributed by atoms with E-state index in [1.807, 2.05) is 0 Å². The number of methoxy groups -OCH3 is 1. The van der Waals surface area contributed by atoms with Gasteiger partial charge in [0.2, 0.25) is 0 Å². The molecule has 0 heterocycles. The second-order valence-electron chi connectivity index (χ2n) is 3.32. The van der Waals surface area contributed by atoms with E-state index in [4.69, 9.17) is 4.74 Å². The molecule has 0 aliphatic heterocycles. The van der Waals surface area contributed by atoms with Crippen molar-refractivity contribution >= 4 is 5.97 Å². The van der Waals surface area contributed by atoms with Crippen LogP contribution in [0.4, 0.5) is 0 Å². The van der Waals surface area contributed by atoms with E-state index < -0.39 is 0 Å². The molecule has 0 radical (unpaired) electrons. The van der Waals surface area contributed by atoms with Gasteiger partial charge in [0.1, 0.15) is 0 Å². The Balaban J connectivity index is 1.98. The molecular formula is C9H12O2. The van der Waals surface area contributed by atoms with Gasteiger partial charge in [0, 0.05) is 0 Å². The average Bonchev–Trinajstić information content (AvgIpc) is 2.77. The van der Waals surface area contributed by atoms with Gasteiger partial charge in [-0.15, -0.1) is 0 Å². The first-order valence-corrected chi connectivity index (χ1v) is 4.07. The standard InChI is InChI=1S/C9H12O2/c1-11-9(10)8-6-4-2-3-5-7(6)8/h2-3,6-8H,4-5H2,1H3/t6-,7+,8?. The zero-order chi connectivity index (χ0) is 7.84. The van der Waals surface area contributed by atoms with E-state index in [0.717, 1.165) is 12.8 Å². The summed E-state index contributed by atoms with van der Waals surface area (Å²) in [6.07, 6.45) is 6.49. The Morgan fingerprint density at radius 3 is 2.36 bits per heavy atom. The normalized spacial score (nSPS) is 39.5. The summed E-state index contributed by atoms with van der Waals surface area (Å²) in [5.41, 5.74) is 0. The maximum Gasteiger partial charge on any atom is 0.309 e. The topological polar surface area (TPSA) is 26.3 Å². The molecule has 2 aliphatic rings. The lowest BCUT2D eigenvalue weighted by Crippen LogP contribution is -2.04. The highest BCUT2D eigenvalue weighted by Crippen LogP contribution is 2.53. The first-order chi connectivity index (χ1) is 5.34. The maximum atomic E-state index is 11.1. The van der Waals surface area contributed by atoms with Gasteiger partial charge in [-0.25, -0.2) is 0 Å². The van der Waals surface area contributed by atoms with Crippen molar-refractivity contribution in [3.8, 4) is 0 Å². The van der Waals surface area contributed by atoms with Gasteiger partial charge in [-0.05, 0) is 24.7 Å². The molecule has 0 bridgehead atoms. The highest BCUT2D eigenvalue weighted by atomic mass is 16.5. The minimum absolute atomic E-state index is 0.0105. The van der Waals surface area contributed by atoms with Crippen LogP contribution in [0.25, 0.3) is 0 Å². The Bertz CT molecular complexity index is 194. The molecule has 60 valence electrons. The molecule has 1 fully saturated rings. The Kier molecular flexibility index (Phi) is 1.48. The number of fused-ring (bicyclic) bond motifs is 1. The fourth-order valence-corrected chi connectivity index (χ4v) is 2.08. The third-order valence-corrected chi connectivity index (χ3v) is 2.79. The summed E-state index contributed by atoms with van der Waals surface area (Å²) in [6.45, 7) is 0. The summed E-state index contributed by atoms with van der Waals surface area (Å²) in [5.74, 6) is 1.42. The third kappa shape index (κ3) is 0.971. The summed E-state index contributed by atoms with van der Waals surface area (Å²) >= 11 is 0. The molecule has 0 saturated heterocycles. The number of allylic oxidation sites excluding steroid dienone is 2. The molecule has 11 heavy (non-hydrogen) atoms. The molecule has 2 nitrogen and oxygen atoms in total. The summed E-state index contributed by atoms with van der Waals surface area (Å²) in [6, 6.07) is 0. The summed E-state index contributed by atoms with van der Waals surface area (Å²) in [7, 11) is 1.47. The second kappa shape index (κ2) is 2.36. The van der Waals surface area contributed by atoms with Crippen LogP contribution in [0.2, 0.25) is 0 Å². The highest BCUT2D eigenvalue weighted by molar-refractivity contribution is 5.76. The SMILES string of the molecule is COC(=O)C1[C@H]2CC=CC[C@@H]12. The van der Waals surface area contributed by atoms with Crippen molar-refractivity contribution in [2.45, 2.75) is 12.8 Å². The van der Waals surface area contributed by atoms with Gasteiger partial charge in [0.25, 0.3) is 0 Å². The monoisotopic (exact) mass is 152 g/mol. The predicted molar refractivity (Wildman–Crippen MR) is 40.9 cm³/mol. The highest BCUT2D eigenvalue weighted by Gasteiger charge is 2.54. The van der Waals surface area contributed by atoms with Crippen molar-refractivity contribution < 1.29 is 9.53 Å². The number of carbonyl (C=O) groups excluding carboxylic acids is 1. The van der Waals surface area contributed by atoms with Crippen molar-refractivity contribution in [3.63, 3.8) is 0 Å². The van der Waals surface area contributed by atoms with Crippen LogP contribution in [-0.2, 0) is 9.53 Å². The molecule has 0 aromatic carbocycles. The second-order valence-corrected chi connectivity index (χ2v) is 3.32. The van der Waals surface area contributed by atoms with Crippen molar-refractivity contribution in [2.75, 3.05) is 7.11 Å². The lowest BCUT2D eigenvalue weighted by molar-refractivity contribution is -0.142. The lowest BCUT2D eigenvalue weighted by Gasteiger charge is -1.96. The summed E-state index contributed by atoms with van der Waals surface area (Å²) < 4.78 is 4.70. The Hall–Kier alpha value is -0.790. The van der Waals surface area contributed by atoms with E-state index in [0.29, 0.717) is 11.8 Å². The van der Waals surface area contributed by atoms with E-state index in [-0.39, 0.29) is 11.9 Å². The van der Waals surface area contributed by atoms with Gasteiger partial charge in [-0.1, -0.05) is 12.2 Å². The first kappa shape index (κ1) is 6.89. The molecule has 0 spiro atoms. The van der Waals surface area contributed by atoms with Crippen LogP contribution in [0.5, 0.6) is 0 Å². The number of carbonyl (C=O) groups is 1. The van der Waals surface area contributed by atoms with Crippen LogP contribution in [-0.4, -0.2) is 13.1 Å². The minimum Gasteiger partial charge on any atom is -0.469 e. The number of hydrogen-bond donors (Lipinski definition) is 0. The molecule has 0 aromatic heterocycles. The average molecular weight is 152 g/mol. The molecule has 0 N–H and O–H groups in total. The molecule has 3 atom stereocenters. The molecular weight excluding hydrogens is 140 g/mol. The molecule has 1 unspecified atom stereocenters. The Labute approximate surface area is 66.2 Å². The van der Waals surface area contributed by atoms with Gasteiger partial charge in [-0.2, -0.15) is 0 Å². The van der Waals surface area contributed by atoms with Crippen LogP contribution in [0.3, 0.4) is 0 Å². The number of hydrogen-bond acceptors (Lipinski definition) is 2. The maximum absolute atomic E-state index is 11.1. The van der Waals surface area contributed by atoms with Gasteiger partial charge >= 0.3 is 5.97 Å². The van der Waals surface area contributed by atoms with E-state index in [1.54, 1.807) is 0 Å². The van der Waals surface area contributed by atoms with Gasteiger partial charge < -0.3 is 4.74 Å². The van der Waals surface area contributed by atoms with E-state index in [2.05, 4.69) is 12.2 Å². The van der Waals surface area contributed by atoms with Gasteiger partial charge in [0.05, 0.1) is 13.0 Å². The Morgan fingerprint density at radius 2 is 1.91 bits per heavy atom.